The number of fused-ring (bicyclic) bond motifs is 1. The minimum atomic E-state index is -4.19. The summed E-state index contributed by atoms with van der Waals surface area (Å²) in [5.74, 6) is 1.32. The summed E-state index contributed by atoms with van der Waals surface area (Å²) in [5, 5.41) is 7.18. The van der Waals surface area contributed by atoms with Crippen LogP contribution in [-0.2, 0) is 6.54 Å². The quantitative estimate of drug-likeness (QED) is 0.617. The second-order valence-electron chi connectivity index (χ2n) is 5.85. The summed E-state index contributed by atoms with van der Waals surface area (Å²) in [4.78, 5) is 5.28. The van der Waals surface area contributed by atoms with Gasteiger partial charge in [-0.05, 0) is 20.0 Å². The number of furan rings is 1. The third kappa shape index (κ3) is 5.67. The number of aliphatic imine (C=N–C) groups is 1. The van der Waals surface area contributed by atoms with Crippen LogP contribution < -0.4 is 10.6 Å². The van der Waals surface area contributed by atoms with E-state index in [0.717, 1.165) is 22.3 Å². The topological polar surface area (TPSA) is 52.8 Å². The number of alkyl halides is 3. The average molecular weight is 356 g/mol. The van der Waals surface area contributed by atoms with Gasteiger partial charge in [-0.15, -0.1) is 0 Å². The normalized spacial score (nSPS) is 12.8. The van der Waals surface area contributed by atoms with E-state index < -0.39 is 12.7 Å². The molecule has 0 aliphatic heterocycles. The first-order valence-corrected chi connectivity index (χ1v) is 7.97. The molecule has 1 aromatic carbocycles. The van der Waals surface area contributed by atoms with E-state index >= 15 is 0 Å². The van der Waals surface area contributed by atoms with Crippen LogP contribution in [0, 0.1) is 6.92 Å². The first kappa shape index (κ1) is 19.1. The number of likely N-dealkylation sites (N-methyl/N-ethyl adjacent to an activating group) is 1. The number of nitrogens with zero attached hydrogens (tertiary/aromatic N) is 2. The largest absolute Gasteiger partial charge is 0.459 e. The molecule has 8 heteroatoms. The van der Waals surface area contributed by atoms with Crippen molar-refractivity contribution in [3.63, 3.8) is 0 Å². The van der Waals surface area contributed by atoms with Crippen LogP contribution in [0.25, 0.3) is 11.0 Å². The van der Waals surface area contributed by atoms with Crippen LogP contribution in [0.1, 0.15) is 11.3 Å². The summed E-state index contributed by atoms with van der Waals surface area (Å²) in [6.45, 7) is 2.11. The van der Waals surface area contributed by atoms with Crippen molar-refractivity contribution in [3.8, 4) is 0 Å². The minimum Gasteiger partial charge on any atom is -0.459 e. The van der Waals surface area contributed by atoms with E-state index in [1.807, 2.05) is 31.2 Å². The van der Waals surface area contributed by atoms with Crippen LogP contribution in [0.2, 0.25) is 0 Å². The number of para-hydroxylation sites is 1. The molecule has 0 saturated heterocycles. The molecule has 0 radical (unpaired) electrons. The second-order valence-corrected chi connectivity index (χ2v) is 5.85. The van der Waals surface area contributed by atoms with Gasteiger partial charge in [-0.1, -0.05) is 18.2 Å². The Morgan fingerprint density at radius 1 is 1.24 bits per heavy atom. The molecule has 25 heavy (non-hydrogen) atoms. The molecule has 2 rings (SSSR count). The van der Waals surface area contributed by atoms with E-state index in [1.54, 1.807) is 7.05 Å². The van der Waals surface area contributed by atoms with Gasteiger partial charge < -0.3 is 15.1 Å². The molecule has 2 aromatic rings. The number of benzene rings is 1. The third-order valence-electron chi connectivity index (χ3n) is 3.82. The van der Waals surface area contributed by atoms with Gasteiger partial charge in [0, 0.05) is 31.1 Å². The van der Waals surface area contributed by atoms with Gasteiger partial charge in [-0.3, -0.25) is 9.89 Å². The molecule has 5 nitrogen and oxygen atoms in total. The van der Waals surface area contributed by atoms with Gasteiger partial charge in [-0.2, -0.15) is 13.2 Å². The molecular weight excluding hydrogens is 333 g/mol. The molecule has 0 saturated carbocycles. The maximum Gasteiger partial charge on any atom is 0.401 e. The molecule has 0 aliphatic carbocycles. The Morgan fingerprint density at radius 2 is 1.96 bits per heavy atom. The fourth-order valence-electron chi connectivity index (χ4n) is 2.53. The summed E-state index contributed by atoms with van der Waals surface area (Å²) in [7, 11) is 3.05. The highest BCUT2D eigenvalue weighted by Gasteiger charge is 2.28. The number of aryl methyl sites for hydroxylation is 1. The van der Waals surface area contributed by atoms with Crippen molar-refractivity contribution >= 4 is 16.9 Å². The summed E-state index contributed by atoms with van der Waals surface area (Å²) in [6.07, 6.45) is -4.19. The zero-order valence-corrected chi connectivity index (χ0v) is 14.6. The number of hydrogen-bond acceptors (Lipinski definition) is 3. The average Bonchev–Trinajstić information content (AvgIpc) is 2.85. The highest BCUT2D eigenvalue weighted by atomic mass is 19.4. The van der Waals surface area contributed by atoms with Crippen molar-refractivity contribution in [2.75, 3.05) is 33.7 Å². The highest BCUT2D eigenvalue weighted by molar-refractivity contribution is 5.82. The predicted molar refractivity (Wildman–Crippen MR) is 92.7 cm³/mol. The fraction of sp³-hybridized carbons (Fsp3) is 0.471. The van der Waals surface area contributed by atoms with E-state index in [0.29, 0.717) is 19.0 Å². The van der Waals surface area contributed by atoms with E-state index in [9.17, 15) is 13.2 Å². The number of halogens is 3. The Hall–Kier alpha value is -2.22. The fourth-order valence-corrected chi connectivity index (χ4v) is 2.53. The van der Waals surface area contributed by atoms with Crippen molar-refractivity contribution in [2.24, 2.45) is 4.99 Å². The predicted octanol–water partition coefficient (Wildman–Crippen LogP) is 2.90. The first-order chi connectivity index (χ1) is 11.8. The molecule has 0 fully saturated rings. The van der Waals surface area contributed by atoms with Crippen molar-refractivity contribution in [2.45, 2.75) is 19.6 Å². The molecule has 1 heterocycles. The lowest BCUT2D eigenvalue weighted by Crippen LogP contribution is -2.42. The van der Waals surface area contributed by atoms with Crippen molar-refractivity contribution < 1.29 is 17.6 Å². The molecule has 1 aromatic heterocycles. The minimum absolute atomic E-state index is 0.254. The number of hydrogen-bond donors (Lipinski definition) is 2. The maximum atomic E-state index is 12.3. The van der Waals surface area contributed by atoms with Crippen molar-refractivity contribution in [1.29, 1.82) is 0 Å². The standard InChI is InChI=1S/C17H23F3N4O/c1-12-13-6-4-5-7-14(13)25-15(12)10-23-16(21-2)22-8-9-24(3)11-17(18,19)20/h4-7H,8-11H2,1-3H3,(H2,21,22,23). The van der Waals surface area contributed by atoms with E-state index in [-0.39, 0.29) is 6.54 Å². The maximum absolute atomic E-state index is 12.3. The molecule has 138 valence electrons. The molecule has 0 bridgehead atoms. The Bertz CT molecular complexity index is 724. The second kappa shape index (κ2) is 8.24. The lowest BCUT2D eigenvalue weighted by molar-refractivity contribution is -0.142. The van der Waals surface area contributed by atoms with Crippen molar-refractivity contribution in [3.05, 3.63) is 35.6 Å². The lowest BCUT2D eigenvalue weighted by Gasteiger charge is -2.19. The van der Waals surface area contributed by atoms with Gasteiger partial charge in [0.15, 0.2) is 5.96 Å². The first-order valence-electron chi connectivity index (χ1n) is 7.97. The number of rotatable bonds is 6. The van der Waals surface area contributed by atoms with E-state index in [4.69, 9.17) is 4.42 Å². The van der Waals surface area contributed by atoms with Crippen molar-refractivity contribution in [1.82, 2.24) is 15.5 Å². The molecule has 0 atom stereocenters. The van der Waals surface area contributed by atoms with E-state index in [2.05, 4.69) is 15.6 Å². The van der Waals surface area contributed by atoms with Gasteiger partial charge in [0.1, 0.15) is 11.3 Å². The molecule has 0 unspecified atom stereocenters. The number of guanidine groups is 1. The lowest BCUT2D eigenvalue weighted by atomic mass is 10.1. The summed E-state index contributed by atoms with van der Waals surface area (Å²) < 4.78 is 42.7. The Balaban J connectivity index is 1.83. The van der Waals surface area contributed by atoms with Gasteiger partial charge in [0.25, 0.3) is 0 Å². The van der Waals surface area contributed by atoms with Crippen LogP contribution in [0.15, 0.2) is 33.7 Å². The smallest absolute Gasteiger partial charge is 0.401 e. The third-order valence-corrected chi connectivity index (χ3v) is 3.82. The Kier molecular flexibility index (Phi) is 6.30. The molecular formula is C17H23F3N4O. The van der Waals surface area contributed by atoms with Crippen LogP contribution >= 0.6 is 0 Å². The highest BCUT2D eigenvalue weighted by Crippen LogP contribution is 2.24. The zero-order chi connectivity index (χ0) is 18.4. The van der Waals surface area contributed by atoms with Crippen LogP contribution in [0.3, 0.4) is 0 Å². The molecule has 2 N–H and O–H groups in total. The monoisotopic (exact) mass is 356 g/mol. The summed E-state index contributed by atoms with van der Waals surface area (Å²) in [6, 6.07) is 7.79. The van der Waals surface area contributed by atoms with Crippen LogP contribution in [0.4, 0.5) is 13.2 Å². The number of nitrogens with one attached hydrogen (secondary N) is 2. The van der Waals surface area contributed by atoms with Gasteiger partial charge >= 0.3 is 6.18 Å². The van der Waals surface area contributed by atoms with Gasteiger partial charge in [-0.25, -0.2) is 0 Å². The van der Waals surface area contributed by atoms with Crippen LogP contribution in [-0.4, -0.2) is 50.8 Å². The summed E-state index contributed by atoms with van der Waals surface area (Å²) in [5.41, 5.74) is 1.89. The molecule has 0 spiro atoms. The van der Waals surface area contributed by atoms with Gasteiger partial charge in [0.2, 0.25) is 0 Å². The van der Waals surface area contributed by atoms with Crippen LogP contribution in [0.5, 0.6) is 0 Å². The zero-order valence-electron chi connectivity index (χ0n) is 14.6. The van der Waals surface area contributed by atoms with Gasteiger partial charge in [0.05, 0.1) is 13.1 Å². The van der Waals surface area contributed by atoms with E-state index in [1.165, 1.54) is 11.9 Å². The summed E-state index contributed by atoms with van der Waals surface area (Å²) >= 11 is 0. The Labute approximate surface area is 144 Å². The SMILES string of the molecule is CN=C(NCCN(C)CC(F)(F)F)NCc1oc2ccccc2c1C. The molecule has 0 amide bonds. The Morgan fingerprint density at radius 3 is 2.60 bits per heavy atom. The molecule has 0 aliphatic rings.